The number of phenols is 2. The first kappa shape index (κ1) is 14.5. The lowest BCUT2D eigenvalue weighted by molar-refractivity contribution is 0.186. The normalized spacial score (nSPS) is 18.1. The van der Waals surface area contributed by atoms with Crippen LogP contribution in [0.5, 0.6) is 11.5 Å². The zero-order chi connectivity index (χ0) is 14.5. The van der Waals surface area contributed by atoms with Crippen LogP contribution >= 0.6 is 11.8 Å². The number of nitrogens with one attached hydrogen (secondary N) is 2. The number of benzene rings is 1. The number of amidine groups is 1. The van der Waals surface area contributed by atoms with Gasteiger partial charge in [-0.05, 0) is 19.1 Å². The van der Waals surface area contributed by atoms with Gasteiger partial charge in [-0.25, -0.2) is 0 Å². The second-order valence-electron chi connectivity index (χ2n) is 4.34. The topological polar surface area (TPSA) is 86.1 Å². The lowest BCUT2D eigenvalue weighted by Gasteiger charge is -2.20. The van der Waals surface area contributed by atoms with Crippen LogP contribution in [0.3, 0.4) is 0 Å². The summed E-state index contributed by atoms with van der Waals surface area (Å²) in [5.41, 5.74) is 7.25. The summed E-state index contributed by atoms with van der Waals surface area (Å²) in [6, 6.07) is 4.52. The first-order valence-corrected chi connectivity index (χ1v) is 6.96. The summed E-state index contributed by atoms with van der Waals surface area (Å²) >= 11 is 1.42. The Balaban J connectivity index is 2.09. The van der Waals surface area contributed by atoms with Crippen molar-refractivity contribution >= 4 is 22.6 Å². The van der Waals surface area contributed by atoms with E-state index in [9.17, 15) is 10.2 Å². The van der Waals surface area contributed by atoms with Gasteiger partial charge in [0.05, 0.1) is 18.3 Å². The van der Waals surface area contributed by atoms with Crippen LogP contribution in [0.4, 0.5) is 0 Å². The molecule has 1 aromatic rings. The van der Waals surface area contributed by atoms with Crippen LogP contribution in [-0.2, 0) is 4.74 Å². The second kappa shape index (κ2) is 6.53. The number of rotatable bonds is 4. The van der Waals surface area contributed by atoms with Gasteiger partial charge in [0.25, 0.3) is 0 Å². The fourth-order valence-electron chi connectivity index (χ4n) is 1.71. The number of phenolic OH excluding ortho intramolecular Hbond substituents is 2. The van der Waals surface area contributed by atoms with Gasteiger partial charge >= 0.3 is 0 Å². The Labute approximate surface area is 121 Å². The molecule has 4 N–H and O–H groups in total. The molecular weight excluding hydrogens is 278 g/mol. The number of methoxy groups -OCH3 is 1. The van der Waals surface area contributed by atoms with Crippen molar-refractivity contribution < 1.29 is 14.9 Å². The average molecular weight is 295 g/mol. The molecule has 108 valence electrons. The third-order valence-electron chi connectivity index (χ3n) is 2.61. The standard InChI is InChI=1S/C13H17N3O3S/c1-8(6-19-2)14-13-16-15-11(7-20-13)10-4-3-9(17)5-12(10)18/h3-5,7-8,15,17-18H,6H2,1-2H3,(H,14,16). The molecule has 7 heteroatoms. The minimum Gasteiger partial charge on any atom is -0.508 e. The minimum absolute atomic E-state index is 0.0132. The monoisotopic (exact) mass is 295 g/mol. The zero-order valence-corrected chi connectivity index (χ0v) is 12.1. The van der Waals surface area contributed by atoms with E-state index in [0.29, 0.717) is 17.9 Å². The van der Waals surface area contributed by atoms with Gasteiger partial charge in [0.15, 0.2) is 5.17 Å². The van der Waals surface area contributed by atoms with E-state index in [1.807, 2.05) is 12.3 Å². The molecule has 1 aromatic carbocycles. The van der Waals surface area contributed by atoms with Crippen molar-refractivity contribution in [3.8, 4) is 11.5 Å². The molecule has 0 aromatic heterocycles. The molecule has 0 bridgehead atoms. The molecule has 1 unspecified atom stereocenters. The van der Waals surface area contributed by atoms with E-state index >= 15 is 0 Å². The number of hydrogen-bond acceptors (Lipinski definition) is 6. The maximum atomic E-state index is 9.80. The molecule has 0 amide bonds. The van der Waals surface area contributed by atoms with E-state index < -0.39 is 0 Å². The smallest absolute Gasteiger partial charge is 0.180 e. The van der Waals surface area contributed by atoms with Crippen LogP contribution in [0.15, 0.2) is 28.6 Å². The highest BCUT2D eigenvalue weighted by Crippen LogP contribution is 2.29. The molecule has 1 atom stereocenters. The van der Waals surface area contributed by atoms with Crippen molar-refractivity contribution in [3.63, 3.8) is 0 Å². The number of hydrazine groups is 1. The average Bonchev–Trinajstić information content (AvgIpc) is 2.40. The highest BCUT2D eigenvalue weighted by Gasteiger charge is 2.14. The fourth-order valence-corrected chi connectivity index (χ4v) is 2.48. The van der Waals surface area contributed by atoms with Gasteiger partial charge in [-0.2, -0.15) is 0 Å². The molecule has 1 heterocycles. The number of aliphatic imine (C=N–C) groups is 1. The SMILES string of the molecule is COCC(C)N=C1NNC(c2ccc(O)cc2O)=CS1. The summed E-state index contributed by atoms with van der Waals surface area (Å²) in [5, 5.41) is 21.7. The van der Waals surface area contributed by atoms with Gasteiger partial charge in [0.1, 0.15) is 11.5 Å². The predicted molar refractivity (Wildman–Crippen MR) is 80.4 cm³/mol. The van der Waals surface area contributed by atoms with Gasteiger partial charge < -0.3 is 14.9 Å². The maximum absolute atomic E-state index is 9.80. The number of hydrogen-bond donors (Lipinski definition) is 4. The van der Waals surface area contributed by atoms with Crippen molar-refractivity contribution in [2.24, 2.45) is 4.99 Å². The van der Waals surface area contributed by atoms with Crippen LogP contribution < -0.4 is 10.9 Å². The Morgan fingerprint density at radius 3 is 2.75 bits per heavy atom. The van der Waals surface area contributed by atoms with Crippen LogP contribution in [0.1, 0.15) is 12.5 Å². The Morgan fingerprint density at radius 1 is 1.35 bits per heavy atom. The molecule has 1 aliphatic rings. The minimum atomic E-state index is 0.0132. The summed E-state index contributed by atoms with van der Waals surface area (Å²) in [4.78, 5) is 4.42. The molecule has 2 rings (SSSR count). The summed E-state index contributed by atoms with van der Waals surface area (Å²) in [6.45, 7) is 2.52. The molecule has 20 heavy (non-hydrogen) atoms. The Kier molecular flexibility index (Phi) is 4.75. The molecule has 0 saturated carbocycles. The van der Waals surface area contributed by atoms with E-state index in [4.69, 9.17) is 4.74 Å². The summed E-state index contributed by atoms with van der Waals surface area (Å²) in [5.74, 6) is 0.0400. The van der Waals surface area contributed by atoms with Crippen molar-refractivity contribution in [2.45, 2.75) is 13.0 Å². The zero-order valence-electron chi connectivity index (χ0n) is 11.3. The molecular formula is C13H17N3O3S. The van der Waals surface area contributed by atoms with Crippen molar-refractivity contribution in [1.82, 2.24) is 10.9 Å². The third kappa shape index (κ3) is 3.58. The van der Waals surface area contributed by atoms with Gasteiger partial charge in [-0.3, -0.25) is 15.8 Å². The number of ether oxygens (including phenoxy) is 1. The highest BCUT2D eigenvalue weighted by atomic mass is 32.2. The van der Waals surface area contributed by atoms with Crippen LogP contribution in [0, 0.1) is 0 Å². The fraction of sp³-hybridized carbons (Fsp3) is 0.308. The molecule has 6 nitrogen and oxygen atoms in total. The molecule has 1 aliphatic heterocycles. The Bertz CT molecular complexity index is 546. The van der Waals surface area contributed by atoms with Crippen LogP contribution in [0.25, 0.3) is 5.70 Å². The van der Waals surface area contributed by atoms with Gasteiger partial charge in [0, 0.05) is 24.1 Å². The second-order valence-corrected chi connectivity index (χ2v) is 5.20. The maximum Gasteiger partial charge on any atom is 0.180 e. The van der Waals surface area contributed by atoms with E-state index in [1.165, 1.54) is 23.9 Å². The van der Waals surface area contributed by atoms with Crippen LogP contribution in [-0.4, -0.2) is 35.1 Å². The molecule has 0 aliphatic carbocycles. The molecule has 0 radical (unpaired) electrons. The van der Waals surface area contributed by atoms with Crippen LogP contribution in [0.2, 0.25) is 0 Å². The largest absolute Gasteiger partial charge is 0.508 e. The summed E-state index contributed by atoms with van der Waals surface area (Å²) in [6.07, 6.45) is 0. The molecule has 0 spiro atoms. The Morgan fingerprint density at radius 2 is 2.15 bits per heavy atom. The van der Waals surface area contributed by atoms with E-state index in [2.05, 4.69) is 15.8 Å². The van der Waals surface area contributed by atoms with Crippen molar-refractivity contribution in [3.05, 3.63) is 29.2 Å². The van der Waals surface area contributed by atoms with Crippen molar-refractivity contribution in [2.75, 3.05) is 13.7 Å². The first-order chi connectivity index (χ1) is 9.60. The van der Waals surface area contributed by atoms with Gasteiger partial charge in [-0.1, -0.05) is 11.8 Å². The summed E-state index contributed by atoms with van der Waals surface area (Å²) in [7, 11) is 1.64. The predicted octanol–water partition coefficient (Wildman–Crippen LogP) is 1.63. The van der Waals surface area contributed by atoms with Crippen molar-refractivity contribution in [1.29, 1.82) is 0 Å². The molecule has 0 fully saturated rings. The van der Waals surface area contributed by atoms with E-state index in [-0.39, 0.29) is 17.5 Å². The van der Waals surface area contributed by atoms with E-state index in [1.54, 1.807) is 13.2 Å². The highest BCUT2D eigenvalue weighted by molar-refractivity contribution is 8.16. The lowest BCUT2D eigenvalue weighted by Crippen LogP contribution is -2.37. The third-order valence-corrected chi connectivity index (χ3v) is 3.39. The molecule has 0 saturated heterocycles. The quantitative estimate of drug-likeness (QED) is 0.675. The first-order valence-electron chi connectivity index (χ1n) is 6.08. The number of thioether (sulfide) groups is 1. The summed E-state index contributed by atoms with van der Waals surface area (Å²) < 4.78 is 5.03. The number of aromatic hydroxyl groups is 2. The lowest BCUT2D eigenvalue weighted by atomic mass is 10.1. The van der Waals surface area contributed by atoms with Gasteiger partial charge in [-0.15, -0.1) is 0 Å². The Hall–Kier alpha value is -1.86. The van der Waals surface area contributed by atoms with Gasteiger partial charge in [0.2, 0.25) is 0 Å². The number of nitrogens with zero attached hydrogens (tertiary/aromatic N) is 1. The van der Waals surface area contributed by atoms with E-state index in [0.717, 1.165) is 5.17 Å².